The van der Waals surface area contributed by atoms with Crippen molar-refractivity contribution in [2.45, 2.75) is 6.92 Å². The lowest BCUT2D eigenvalue weighted by molar-refractivity contribution is 1.57. The van der Waals surface area contributed by atoms with Gasteiger partial charge in [0, 0.05) is 0 Å². The fraction of sp³-hybridized carbons (Fsp3) is 0.0476. The van der Waals surface area contributed by atoms with Crippen LogP contribution in [-0.4, -0.2) is 0 Å². The van der Waals surface area contributed by atoms with Gasteiger partial charge in [-0.2, -0.15) is 0 Å². The van der Waals surface area contributed by atoms with E-state index in [1.807, 2.05) is 37.3 Å². The molecule has 2 aromatic carbocycles. The molecular formula is C21H20. The maximum atomic E-state index is 3.96. The molecule has 0 heterocycles. The van der Waals surface area contributed by atoms with Crippen molar-refractivity contribution >= 4 is 11.6 Å². The van der Waals surface area contributed by atoms with Crippen molar-refractivity contribution in [1.82, 2.24) is 0 Å². The van der Waals surface area contributed by atoms with Crippen LogP contribution in [0.15, 0.2) is 97.1 Å². The molecular weight excluding hydrogens is 252 g/mol. The molecule has 0 saturated heterocycles. The molecule has 0 fully saturated rings. The van der Waals surface area contributed by atoms with Gasteiger partial charge in [0.25, 0.3) is 0 Å². The zero-order valence-corrected chi connectivity index (χ0v) is 12.4. The minimum absolute atomic E-state index is 1.11. The van der Waals surface area contributed by atoms with E-state index >= 15 is 0 Å². The summed E-state index contributed by atoms with van der Waals surface area (Å²) in [5, 5.41) is 0. The van der Waals surface area contributed by atoms with Crippen LogP contribution in [0.25, 0.3) is 11.6 Å². The molecule has 0 aliphatic rings. The van der Waals surface area contributed by atoms with Crippen LogP contribution in [0.2, 0.25) is 0 Å². The molecule has 0 heteroatoms. The molecule has 21 heavy (non-hydrogen) atoms. The molecule has 0 atom stereocenters. The number of benzene rings is 2. The van der Waals surface area contributed by atoms with Gasteiger partial charge in [-0.25, -0.2) is 0 Å². The van der Waals surface area contributed by atoms with E-state index in [0.29, 0.717) is 0 Å². The standard InChI is InChI=1S/C21H20/c1-3-5-14-19(4-2)21(20-15-10-7-11-16-20)17-18-12-8-6-9-13-18/h3-17H,2H2,1H3/b5-3-,19-14+,21-17+. The smallest absolute Gasteiger partial charge is 0.0106 e. The van der Waals surface area contributed by atoms with Crippen LogP contribution in [0.1, 0.15) is 18.1 Å². The van der Waals surface area contributed by atoms with Crippen LogP contribution in [0.5, 0.6) is 0 Å². The molecule has 104 valence electrons. The van der Waals surface area contributed by atoms with Crippen molar-refractivity contribution in [3.63, 3.8) is 0 Å². The quantitative estimate of drug-likeness (QED) is 0.468. The van der Waals surface area contributed by atoms with Crippen LogP contribution in [-0.2, 0) is 0 Å². The van der Waals surface area contributed by atoms with E-state index in [0.717, 1.165) is 5.57 Å². The summed E-state index contributed by atoms with van der Waals surface area (Å²) in [6.07, 6.45) is 10.3. The highest BCUT2D eigenvalue weighted by Gasteiger charge is 2.04. The third-order valence-corrected chi connectivity index (χ3v) is 3.19. The first-order chi connectivity index (χ1) is 10.3. The predicted octanol–water partition coefficient (Wildman–Crippen LogP) is 5.92. The lowest BCUT2D eigenvalue weighted by Crippen LogP contribution is -1.88. The average molecular weight is 272 g/mol. The summed E-state index contributed by atoms with van der Waals surface area (Å²) in [6.45, 7) is 5.97. The topological polar surface area (TPSA) is 0 Å². The maximum absolute atomic E-state index is 3.96. The van der Waals surface area contributed by atoms with Gasteiger partial charge in [-0.3, -0.25) is 0 Å². The van der Waals surface area contributed by atoms with Gasteiger partial charge in [0.1, 0.15) is 0 Å². The molecule has 0 spiro atoms. The third-order valence-electron chi connectivity index (χ3n) is 3.19. The fourth-order valence-electron chi connectivity index (χ4n) is 2.13. The first kappa shape index (κ1) is 14.8. The van der Waals surface area contributed by atoms with Crippen molar-refractivity contribution in [1.29, 1.82) is 0 Å². The Morgan fingerprint density at radius 1 is 0.905 bits per heavy atom. The van der Waals surface area contributed by atoms with Gasteiger partial charge < -0.3 is 0 Å². The van der Waals surface area contributed by atoms with Crippen molar-refractivity contribution < 1.29 is 0 Å². The van der Waals surface area contributed by atoms with Gasteiger partial charge in [-0.15, -0.1) is 0 Å². The van der Waals surface area contributed by atoms with Crippen LogP contribution < -0.4 is 0 Å². The Bertz CT molecular complexity index is 656. The Morgan fingerprint density at radius 2 is 1.52 bits per heavy atom. The third kappa shape index (κ3) is 4.19. The Hall–Kier alpha value is -2.60. The number of rotatable bonds is 5. The fourth-order valence-corrected chi connectivity index (χ4v) is 2.13. The van der Waals surface area contributed by atoms with E-state index in [9.17, 15) is 0 Å². The lowest BCUT2D eigenvalue weighted by Gasteiger charge is -2.09. The molecule has 2 aromatic rings. The summed E-state index contributed by atoms with van der Waals surface area (Å²) in [6, 6.07) is 20.8. The molecule has 2 rings (SSSR count). The summed E-state index contributed by atoms with van der Waals surface area (Å²) in [7, 11) is 0. The number of allylic oxidation sites excluding steroid dienone is 6. The highest BCUT2D eigenvalue weighted by molar-refractivity contribution is 5.92. The van der Waals surface area contributed by atoms with Gasteiger partial charge in [-0.05, 0) is 35.3 Å². The van der Waals surface area contributed by atoms with Crippen molar-refractivity contribution in [2.24, 2.45) is 0 Å². The number of hydrogen-bond donors (Lipinski definition) is 0. The average Bonchev–Trinajstić information content (AvgIpc) is 2.56. The Morgan fingerprint density at radius 3 is 2.10 bits per heavy atom. The molecule has 0 bridgehead atoms. The Kier molecular flexibility index (Phi) is 5.54. The van der Waals surface area contributed by atoms with E-state index in [1.54, 1.807) is 0 Å². The van der Waals surface area contributed by atoms with Gasteiger partial charge in [0.05, 0.1) is 0 Å². The summed E-state index contributed by atoms with van der Waals surface area (Å²) in [5.74, 6) is 0. The van der Waals surface area contributed by atoms with Gasteiger partial charge in [0.2, 0.25) is 0 Å². The Balaban J connectivity index is 2.54. The summed E-state index contributed by atoms with van der Waals surface area (Å²) < 4.78 is 0. The van der Waals surface area contributed by atoms with E-state index < -0.39 is 0 Å². The first-order valence-corrected chi connectivity index (χ1v) is 7.13. The molecule has 0 aliphatic heterocycles. The number of hydrogen-bond acceptors (Lipinski definition) is 0. The van der Waals surface area contributed by atoms with Crippen molar-refractivity contribution in [3.8, 4) is 0 Å². The largest absolute Gasteiger partial charge is 0.0984 e. The van der Waals surface area contributed by atoms with E-state index in [2.05, 4.69) is 67.3 Å². The van der Waals surface area contributed by atoms with E-state index in [1.165, 1.54) is 16.7 Å². The molecule has 0 radical (unpaired) electrons. The molecule has 0 N–H and O–H groups in total. The zero-order chi connectivity index (χ0) is 14.9. The molecule has 0 saturated carbocycles. The van der Waals surface area contributed by atoms with Gasteiger partial charge >= 0.3 is 0 Å². The van der Waals surface area contributed by atoms with Gasteiger partial charge in [-0.1, -0.05) is 91.5 Å². The van der Waals surface area contributed by atoms with Crippen LogP contribution in [0, 0.1) is 0 Å². The Labute approximate surface area is 127 Å². The summed E-state index contributed by atoms with van der Waals surface area (Å²) in [4.78, 5) is 0. The highest BCUT2D eigenvalue weighted by Crippen LogP contribution is 2.26. The van der Waals surface area contributed by atoms with E-state index in [4.69, 9.17) is 0 Å². The second-order valence-electron chi connectivity index (χ2n) is 4.69. The first-order valence-electron chi connectivity index (χ1n) is 7.13. The molecule has 0 aliphatic carbocycles. The monoisotopic (exact) mass is 272 g/mol. The highest BCUT2D eigenvalue weighted by atomic mass is 14.1. The van der Waals surface area contributed by atoms with E-state index in [-0.39, 0.29) is 0 Å². The van der Waals surface area contributed by atoms with Crippen molar-refractivity contribution in [3.05, 3.63) is 108 Å². The second kappa shape index (κ2) is 7.86. The lowest BCUT2D eigenvalue weighted by atomic mass is 9.95. The summed E-state index contributed by atoms with van der Waals surface area (Å²) in [5.41, 5.74) is 4.67. The molecule has 0 amide bonds. The van der Waals surface area contributed by atoms with Crippen molar-refractivity contribution in [2.75, 3.05) is 0 Å². The van der Waals surface area contributed by atoms with Gasteiger partial charge in [0.15, 0.2) is 0 Å². The second-order valence-corrected chi connectivity index (χ2v) is 4.69. The van der Waals surface area contributed by atoms with Crippen LogP contribution in [0.4, 0.5) is 0 Å². The minimum Gasteiger partial charge on any atom is -0.0984 e. The zero-order valence-electron chi connectivity index (χ0n) is 12.4. The van der Waals surface area contributed by atoms with Crippen LogP contribution in [0.3, 0.4) is 0 Å². The maximum Gasteiger partial charge on any atom is -0.0106 e. The summed E-state index contributed by atoms with van der Waals surface area (Å²) >= 11 is 0. The molecule has 0 nitrogen and oxygen atoms in total. The SMILES string of the molecule is C=CC(=C\C=C/C)/C(=C\c1ccccc1)c1ccccc1. The normalized spacial score (nSPS) is 12.6. The molecule has 0 aromatic heterocycles. The predicted molar refractivity (Wildman–Crippen MR) is 93.8 cm³/mol. The molecule has 0 unspecified atom stereocenters. The minimum atomic E-state index is 1.11. The van der Waals surface area contributed by atoms with Crippen LogP contribution >= 0.6 is 0 Å².